The van der Waals surface area contributed by atoms with E-state index >= 15 is 0 Å². The predicted molar refractivity (Wildman–Crippen MR) is 61.7 cm³/mol. The Balaban J connectivity index is 2.58. The highest BCUT2D eigenvalue weighted by Gasteiger charge is 2.21. The molecule has 1 heterocycles. The van der Waals surface area contributed by atoms with Gasteiger partial charge in [-0.1, -0.05) is 0 Å². The predicted octanol–water partition coefficient (Wildman–Crippen LogP) is 1.02. The zero-order chi connectivity index (χ0) is 12.4. The summed E-state index contributed by atoms with van der Waals surface area (Å²) in [6, 6.07) is 5.20. The number of hydrogen-bond acceptors (Lipinski definition) is 4. The fraction of sp³-hybridized carbons (Fsp3) is 0.200. The van der Waals surface area contributed by atoms with Crippen LogP contribution in [0.5, 0.6) is 11.5 Å². The minimum absolute atomic E-state index is 0.257. The van der Waals surface area contributed by atoms with Crippen molar-refractivity contribution in [3.05, 3.63) is 33.2 Å². The molecule has 7 heteroatoms. The number of methoxy groups -OCH3 is 2. The van der Waals surface area contributed by atoms with Crippen LogP contribution in [0.25, 0.3) is 5.69 Å². The van der Waals surface area contributed by atoms with Gasteiger partial charge in [0.05, 0.1) is 26.4 Å². The first kappa shape index (κ1) is 11.7. The molecule has 0 fully saturated rings. The molecule has 0 spiro atoms. The molecule has 0 aliphatic carbocycles. The Bertz CT molecular complexity index is 568. The number of ether oxygens (including phenoxy) is 2. The van der Waals surface area contributed by atoms with E-state index < -0.39 is 5.63 Å². The SMILES string of the molecule is COc1cc(OC)cc(-[n+]2[nH]oc(=O)c2Br)c1. The lowest BCUT2D eigenvalue weighted by atomic mass is 10.3. The van der Waals surface area contributed by atoms with Crippen LogP contribution in [0.4, 0.5) is 0 Å². The number of aromatic nitrogens is 2. The van der Waals surface area contributed by atoms with Gasteiger partial charge >= 0.3 is 10.2 Å². The summed E-state index contributed by atoms with van der Waals surface area (Å²) in [7, 11) is 3.10. The van der Waals surface area contributed by atoms with Crippen molar-refractivity contribution in [2.24, 2.45) is 0 Å². The third-order valence-corrected chi connectivity index (χ3v) is 2.87. The van der Waals surface area contributed by atoms with Crippen LogP contribution in [0.2, 0.25) is 0 Å². The van der Waals surface area contributed by atoms with E-state index in [2.05, 4.69) is 25.7 Å². The molecular formula is C10H10BrN2O4+. The molecule has 0 bridgehead atoms. The van der Waals surface area contributed by atoms with Crippen LogP contribution in [-0.2, 0) is 0 Å². The van der Waals surface area contributed by atoms with Gasteiger partial charge in [0.2, 0.25) is 5.69 Å². The van der Waals surface area contributed by atoms with Crippen LogP contribution in [0.1, 0.15) is 0 Å². The van der Waals surface area contributed by atoms with E-state index in [0.29, 0.717) is 17.2 Å². The van der Waals surface area contributed by atoms with E-state index in [1.165, 1.54) is 4.68 Å². The van der Waals surface area contributed by atoms with E-state index in [1.54, 1.807) is 32.4 Å². The fourth-order valence-electron chi connectivity index (χ4n) is 1.35. The highest BCUT2D eigenvalue weighted by Crippen LogP contribution is 2.22. The molecule has 6 nitrogen and oxygen atoms in total. The Labute approximate surface area is 105 Å². The molecule has 1 aromatic carbocycles. The lowest BCUT2D eigenvalue weighted by molar-refractivity contribution is -0.680. The van der Waals surface area contributed by atoms with Crippen LogP contribution in [0.15, 0.2) is 32.1 Å². The standard InChI is InChI=1S/C10H9BrN2O4/c1-15-7-3-6(4-8(5-7)16-2)13-9(11)10(14)17-12-13/h3-5H,1-2H3/p+1. The van der Waals surface area contributed by atoms with Crippen molar-refractivity contribution in [1.29, 1.82) is 0 Å². The maximum Gasteiger partial charge on any atom is 0.442 e. The Hall–Kier alpha value is -1.76. The quantitative estimate of drug-likeness (QED) is 0.860. The summed E-state index contributed by atoms with van der Waals surface area (Å²) >= 11 is 3.12. The second-order valence-corrected chi connectivity index (χ2v) is 3.93. The molecule has 0 saturated carbocycles. The first-order valence-corrected chi connectivity index (χ1v) is 5.47. The third kappa shape index (κ3) is 2.19. The summed E-state index contributed by atoms with van der Waals surface area (Å²) in [6.45, 7) is 0. The van der Waals surface area contributed by atoms with Gasteiger partial charge in [0, 0.05) is 22.0 Å². The summed E-state index contributed by atoms with van der Waals surface area (Å²) in [5.41, 5.74) is 0.158. The van der Waals surface area contributed by atoms with Gasteiger partial charge in [-0.25, -0.2) is 4.79 Å². The molecule has 0 aliphatic rings. The smallest absolute Gasteiger partial charge is 0.442 e. The van der Waals surface area contributed by atoms with E-state index in [0.717, 1.165) is 0 Å². The summed E-state index contributed by atoms with van der Waals surface area (Å²) in [4.78, 5) is 11.2. The molecule has 2 rings (SSSR count). The number of aromatic amines is 1. The zero-order valence-corrected chi connectivity index (χ0v) is 10.8. The van der Waals surface area contributed by atoms with Crippen molar-refractivity contribution in [3.8, 4) is 17.2 Å². The molecule has 2 aromatic rings. The molecule has 90 valence electrons. The van der Waals surface area contributed by atoms with E-state index in [4.69, 9.17) is 9.47 Å². The lowest BCUT2D eigenvalue weighted by Gasteiger charge is -2.03. The maximum absolute atomic E-state index is 11.2. The van der Waals surface area contributed by atoms with Crippen LogP contribution < -0.4 is 19.8 Å². The average molecular weight is 302 g/mol. The van der Waals surface area contributed by atoms with Crippen molar-refractivity contribution >= 4 is 15.9 Å². The topological polar surface area (TPSA) is 68.3 Å². The third-order valence-electron chi connectivity index (χ3n) is 2.19. The number of halogens is 1. The molecule has 0 saturated heterocycles. The van der Waals surface area contributed by atoms with Gasteiger partial charge in [-0.15, -0.1) is 0 Å². The molecule has 1 aromatic heterocycles. The largest absolute Gasteiger partial charge is 0.496 e. The Morgan fingerprint density at radius 1 is 1.24 bits per heavy atom. The molecule has 1 N–H and O–H groups in total. The van der Waals surface area contributed by atoms with Crippen molar-refractivity contribution in [2.45, 2.75) is 0 Å². The monoisotopic (exact) mass is 301 g/mol. The molecule has 0 atom stereocenters. The van der Waals surface area contributed by atoms with Gasteiger partial charge in [0.15, 0.2) is 0 Å². The molecule has 0 radical (unpaired) electrons. The molecule has 0 aliphatic heterocycles. The highest BCUT2D eigenvalue weighted by molar-refractivity contribution is 9.10. The first-order valence-electron chi connectivity index (χ1n) is 4.68. The van der Waals surface area contributed by atoms with Gasteiger partial charge in [-0.3, -0.25) is 4.52 Å². The van der Waals surface area contributed by atoms with Crippen LogP contribution in [-0.4, -0.2) is 19.5 Å². The summed E-state index contributed by atoms with van der Waals surface area (Å²) < 4.78 is 16.6. The summed E-state index contributed by atoms with van der Waals surface area (Å²) in [5.74, 6) is 1.22. The highest BCUT2D eigenvalue weighted by atomic mass is 79.9. The number of benzene rings is 1. The van der Waals surface area contributed by atoms with Crippen molar-refractivity contribution in [1.82, 2.24) is 5.27 Å². The number of nitrogens with one attached hydrogen (secondary N) is 1. The second-order valence-electron chi connectivity index (χ2n) is 3.18. The van der Waals surface area contributed by atoms with Gasteiger partial charge in [0.25, 0.3) is 0 Å². The Morgan fingerprint density at radius 2 is 1.82 bits per heavy atom. The van der Waals surface area contributed by atoms with Crippen molar-refractivity contribution in [2.75, 3.05) is 14.2 Å². The lowest BCUT2D eigenvalue weighted by Crippen LogP contribution is -2.34. The summed E-state index contributed by atoms with van der Waals surface area (Å²) in [5, 5.41) is 2.46. The van der Waals surface area contributed by atoms with Crippen LogP contribution in [0.3, 0.4) is 0 Å². The number of rotatable bonds is 3. The van der Waals surface area contributed by atoms with E-state index in [1.807, 2.05) is 0 Å². The first-order chi connectivity index (χ1) is 8.15. The summed E-state index contributed by atoms with van der Waals surface area (Å²) in [6.07, 6.45) is 0. The average Bonchev–Trinajstić information content (AvgIpc) is 2.69. The maximum atomic E-state index is 11.2. The normalized spacial score (nSPS) is 10.3. The zero-order valence-electron chi connectivity index (χ0n) is 9.19. The molecule has 0 unspecified atom stereocenters. The van der Waals surface area contributed by atoms with Gasteiger partial charge in [-0.2, -0.15) is 0 Å². The molecule has 0 amide bonds. The number of hydrogen-bond donors (Lipinski definition) is 1. The Kier molecular flexibility index (Phi) is 3.19. The number of nitrogens with zero attached hydrogens (tertiary/aromatic N) is 1. The van der Waals surface area contributed by atoms with Gasteiger partial charge in [0.1, 0.15) is 11.5 Å². The van der Waals surface area contributed by atoms with E-state index in [-0.39, 0.29) is 4.60 Å². The van der Waals surface area contributed by atoms with Crippen molar-refractivity contribution in [3.63, 3.8) is 0 Å². The minimum atomic E-state index is -0.494. The van der Waals surface area contributed by atoms with E-state index in [9.17, 15) is 4.79 Å². The minimum Gasteiger partial charge on any atom is -0.496 e. The molecule has 17 heavy (non-hydrogen) atoms. The van der Waals surface area contributed by atoms with Crippen molar-refractivity contribution < 1.29 is 18.7 Å². The van der Waals surface area contributed by atoms with Crippen LogP contribution >= 0.6 is 15.9 Å². The molecular weight excluding hydrogens is 292 g/mol. The number of H-pyrrole nitrogens is 1. The van der Waals surface area contributed by atoms with Gasteiger partial charge < -0.3 is 9.47 Å². The van der Waals surface area contributed by atoms with Crippen LogP contribution in [0, 0.1) is 0 Å². The fourth-order valence-corrected chi connectivity index (χ4v) is 1.71. The Morgan fingerprint density at radius 3 is 2.24 bits per heavy atom. The second kappa shape index (κ2) is 4.62. The van der Waals surface area contributed by atoms with Gasteiger partial charge in [-0.05, 0) is 9.95 Å².